The molecule has 2 aromatic rings. The van der Waals surface area contributed by atoms with E-state index in [1.165, 1.54) is 18.2 Å². The van der Waals surface area contributed by atoms with Gasteiger partial charge in [-0.3, -0.25) is 4.79 Å². The summed E-state index contributed by atoms with van der Waals surface area (Å²) < 4.78 is 24.8. The Bertz CT molecular complexity index is 1010. The molecule has 0 radical (unpaired) electrons. The summed E-state index contributed by atoms with van der Waals surface area (Å²) >= 11 is 0. The van der Waals surface area contributed by atoms with E-state index in [2.05, 4.69) is 10.7 Å². The number of nitrogens with one attached hydrogen (secondary N) is 2. The molecule has 0 bridgehead atoms. The van der Waals surface area contributed by atoms with Crippen molar-refractivity contribution in [2.45, 2.75) is 51.9 Å². The zero-order valence-electron chi connectivity index (χ0n) is 18.3. The molecule has 1 unspecified atom stereocenters. The Morgan fingerprint density at radius 2 is 1.72 bits per heavy atom. The molecule has 0 saturated heterocycles. The number of hydrogen-bond donors (Lipinski definition) is 2. The first-order chi connectivity index (χ1) is 15.1. The van der Waals surface area contributed by atoms with Gasteiger partial charge in [0.2, 0.25) is 0 Å². The number of hydrogen-bond acceptors (Lipinski definition) is 5. The summed E-state index contributed by atoms with van der Waals surface area (Å²) in [5, 5.41) is 3.49. The van der Waals surface area contributed by atoms with Crippen LogP contribution in [-0.4, -0.2) is 35.3 Å². The fourth-order valence-electron chi connectivity index (χ4n) is 3.57. The van der Waals surface area contributed by atoms with Crippen molar-refractivity contribution in [1.82, 2.24) is 10.4 Å². The molecule has 1 heterocycles. The van der Waals surface area contributed by atoms with Crippen molar-refractivity contribution in [3.8, 4) is 0 Å². The number of carbonyl (C=O) groups is 3. The second-order valence-electron chi connectivity index (χ2n) is 8.00. The standard InChI is InChI=1S/C23H26FN3O5/c1-14(2)31-21(29)26-27(22(30)32-15(3)4)23(13-16-8-6-5-7-9-16)18-12-17(24)10-11-19(18)25-20(23)28/h5-12,14-15H,13H2,1-4H3,(H,25,28)(H,26,29). The summed E-state index contributed by atoms with van der Waals surface area (Å²) in [5.74, 6) is -1.22. The molecule has 9 heteroatoms. The molecular formula is C23H26FN3O5. The maximum atomic E-state index is 14.3. The van der Waals surface area contributed by atoms with Crippen molar-refractivity contribution in [2.24, 2.45) is 0 Å². The third-order valence-electron chi connectivity index (χ3n) is 4.80. The minimum atomic E-state index is -1.82. The number of halogens is 1. The van der Waals surface area contributed by atoms with Crippen LogP contribution in [0.3, 0.4) is 0 Å². The predicted molar refractivity (Wildman–Crippen MR) is 115 cm³/mol. The zero-order chi connectivity index (χ0) is 23.5. The van der Waals surface area contributed by atoms with Gasteiger partial charge in [0.25, 0.3) is 5.91 Å². The van der Waals surface area contributed by atoms with Crippen LogP contribution < -0.4 is 10.7 Å². The number of amides is 3. The first-order valence-electron chi connectivity index (χ1n) is 10.3. The summed E-state index contributed by atoms with van der Waals surface area (Å²) in [5.41, 5.74) is 1.74. The van der Waals surface area contributed by atoms with Gasteiger partial charge < -0.3 is 14.8 Å². The molecule has 0 aromatic heterocycles. The zero-order valence-corrected chi connectivity index (χ0v) is 18.3. The average molecular weight is 443 g/mol. The van der Waals surface area contributed by atoms with Crippen molar-refractivity contribution >= 4 is 23.8 Å². The molecule has 1 aliphatic rings. The van der Waals surface area contributed by atoms with E-state index in [0.29, 0.717) is 11.3 Å². The quantitative estimate of drug-likeness (QED) is 0.678. The van der Waals surface area contributed by atoms with Crippen LogP contribution in [0, 0.1) is 5.82 Å². The molecule has 0 spiro atoms. The van der Waals surface area contributed by atoms with Gasteiger partial charge in [0.1, 0.15) is 5.82 Å². The topological polar surface area (TPSA) is 97.0 Å². The lowest BCUT2D eigenvalue weighted by atomic mass is 9.84. The first-order valence-corrected chi connectivity index (χ1v) is 10.3. The fourth-order valence-corrected chi connectivity index (χ4v) is 3.57. The Hall–Kier alpha value is -3.62. The van der Waals surface area contributed by atoms with E-state index < -0.39 is 41.7 Å². The lowest BCUT2D eigenvalue weighted by Gasteiger charge is -2.38. The van der Waals surface area contributed by atoms with Crippen LogP contribution in [0.2, 0.25) is 0 Å². The van der Waals surface area contributed by atoms with Crippen LogP contribution in [0.15, 0.2) is 48.5 Å². The summed E-state index contributed by atoms with van der Waals surface area (Å²) in [6.07, 6.45) is -3.01. The number of hydrazine groups is 1. The Morgan fingerprint density at radius 3 is 2.34 bits per heavy atom. The molecule has 0 aliphatic carbocycles. The van der Waals surface area contributed by atoms with Gasteiger partial charge >= 0.3 is 12.2 Å². The van der Waals surface area contributed by atoms with Crippen molar-refractivity contribution in [3.05, 3.63) is 65.5 Å². The highest BCUT2D eigenvalue weighted by atomic mass is 19.1. The molecular weight excluding hydrogens is 417 g/mol. The number of fused-ring (bicyclic) bond motifs is 1. The van der Waals surface area contributed by atoms with Crippen LogP contribution in [0.5, 0.6) is 0 Å². The molecule has 1 atom stereocenters. The van der Waals surface area contributed by atoms with Gasteiger partial charge in [-0.2, -0.15) is 5.01 Å². The summed E-state index contributed by atoms with van der Waals surface area (Å²) in [6, 6.07) is 12.7. The van der Waals surface area contributed by atoms with Crippen molar-refractivity contribution in [2.75, 3.05) is 5.32 Å². The van der Waals surface area contributed by atoms with Crippen LogP contribution in [-0.2, 0) is 26.2 Å². The Morgan fingerprint density at radius 1 is 1.06 bits per heavy atom. The fraction of sp³-hybridized carbons (Fsp3) is 0.348. The lowest BCUT2D eigenvalue weighted by molar-refractivity contribution is -0.129. The van der Waals surface area contributed by atoms with Gasteiger partial charge in [-0.05, 0) is 51.5 Å². The number of carbonyl (C=O) groups excluding carboxylic acids is 3. The molecule has 0 saturated carbocycles. The maximum Gasteiger partial charge on any atom is 0.430 e. The summed E-state index contributed by atoms with van der Waals surface area (Å²) in [4.78, 5) is 39.1. The van der Waals surface area contributed by atoms with E-state index >= 15 is 0 Å². The molecule has 8 nitrogen and oxygen atoms in total. The Labute approximate surface area is 185 Å². The molecule has 2 N–H and O–H groups in total. The van der Waals surface area contributed by atoms with E-state index in [1.807, 2.05) is 6.07 Å². The third kappa shape index (κ3) is 4.66. The van der Waals surface area contributed by atoms with E-state index in [0.717, 1.165) is 5.01 Å². The largest absolute Gasteiger partial charge is 0.446 e. The third-order valence-corrected chi connectivity index (χ3v) is 4.80. The number of rotatable bonds is 5. The van der Waals surface area contributed by atoms with Crippen molar-refractivity contribution < 1.29 is 28.2 Å². The SMILES string of the molecule is CC(C)OC(=O)NN(C(=O)OC(C)C)C1(Cc2ccccc2)C(=O)Nc2ccc(F)cc21. The normalized spacial score (nSPS) is 17.0. The monoisotopic (exact) mass is 443 g/mol. The number of anilines is 1. The minimum absolute atomic E-state index is 0.0503. The van der Waals surface area contributed by atoms with Crippen LogP contribution in [0.25, 0.3) is 0 Å². The number of benzene rings is 2. The predicted octanol–water partition coefficient (Wildman–Crippen LogP) is 4.11. The summed E-state index contributed by atoms with van der Waals surface area (Å²) in [7, 11) is 0. The average Bonchev–Trinajstić information content (AvgIpc) is 2.97. The van der Waals surface area contributed by atoms with Crippen LogP contribution in [0.4, 0.5) is 19.7 Å². The Kier molecular flexibility index (Phi) is 6.67. The Balaban J connectivity index is 2.18. The number of ether oxygens (including phenoxy) is 2. The smallest absolute Gasteiger partial charge is 0.430 e. The van der Waals surface area contributed by atoms with Gasteiger partial charge in [-0.25, -0.2) is 19.4 Å². The van der Waals surface area contributed by atoms with Gasteiger partial charge in [0.05, 0.1) is 12.2 Å². The molecule has 1 aliphatic heterocycles. The van der Waals surface area contributed by atoms with E-state index in [9.17, 15) is 18.8 Å². The van der Waals surface area contributed by atoms with Gasteiger partial charge in [0, 0.05) is 17.7 Å². The molecule has 0 fully saturated rings. The molecule has 3 rings (SSSR count). The maximum absolute atomic E-state index is 14.3. The van der Waals surface area contributed by atoms with E-state index in [4.69, 9.17) is 9.47 Å². The van der Waals surface area contributed by atoms with E-state index in [1.54, 1.807) is 52.0 Å². The van der Waals surface area contributed by atoms with Crippen LogP contribution in [0.1, 0.15) is 38.8 Å². The second-order valence-corrected chi connectivity index (χ2v) is 8.00. The summed E-state index contributed by atoms with van der Waals surface area (Å²) in [6.45, 7) is 6.55. The van der Waals surface area contributed by atoms with Gasteiger partial charge in [-0.15, -0.1) is 0 Å². The van der Waals surface area contributed by atoms with E-state index in [-0.39, 0.29) is 12.0 Å². The van der Waals surface area contributed by atoms with Crippen molar-refractivity contribution in [1.29, 1.82) is 0 Å². The molecule has 3 amide bonds. The molecule has 32 heavy (non-hydrogen) atoms. The molecule has 170 valence electrons. The highest BCUT2D eigenvalue weighted by molar-refractivity contribution is 6.07. The van der Waals surface area contributed by atoms with Gasteiger partial charge in [-0.1, -0.05) is 30.3 Å². The highest BCUT2D eigenvalue weighted by Gasteiger charge is 2.55. The van der Waals surface area contributed by atoms with Crippen LogP contribution >= 0.6 is 0 Å². The highest BCUT2D eigenvalue weighted by Crippen LogP contribution is 2.43. The van der Waals surface area contributed by atoms with Crippen molar-refractivity contribution in [3.63, 3.8) is 0 Å². The lowest BCUT2D eigenvalue weighted by Crippen LogP contribution is -2.62. The van der Waals surface area contributed by atoms with Gasteiger partial charge in [0.15, 0.2) is 5.54 Å². The molecule has 2 aromatic carbocycles. The first kappa shape index (κ1) is 23.1. The minimum Gasteiger partial charge on any atom is -0.446 e. The number of nitrogens with zero attached hydrogens (tertiary/aromatic N) is 1. The second kappa shape index (κ2) is 9.25.